The molecular formula is C18H20N2. The maximum absolute atomic E-state index is 5.40. The summed E-state index contributed by atoms with van der Waals surface area (Å²) in [5, 5.41) is 0. The Kier molecular flexibility index (Phi) is 5.37. The van der Waals surface area contributed by atoms with E-state index in [0.29, 0.717) is 6.54 Å². The van der Waals surface area contributed by atoms with Gasteiger partial charge in [-0.25, -0.2) is 0 Å². The SMILES string of the molecule is CN(Cc1ccccc1)Cc1cccc(C#CCN)c1. The van der Waals surface area contributed by atoms with Crippen LogP contribution in [0.25, 0.3) is 0 Å². The summed E-state index contributed by atoms with van der Waals surface area (Å²) in [4.78, 5) is 2.30. The monoisotopic (exact) mass is 264 g/mol. The lowest BCUT2D eigenvalue weighted by Gasteiger charge is -2.17. The lowest BCUT2D eigenvalue weighted by molar-refractivity contribution is 0.319. The number of nitrogens with two attached hydrogens (primary N) is 1. The highest BCUT2D eigenvalue weighted by molar-refractivity contribution is 5.37. The fourth-order valence-corrected chi connectivity index (χ4v) is 2.16. The molecule has 102 valence electrons. The first-order chi connectivity index (χ1) is 9.78. The van der Waals surface area contributed by atoms with Gasteiger partial charge in [0.2, 0.25) is 0 Å². The van der Waals surface area contributed by atoms with Gasteiger partial charge in [-0.2, -0.15) is 0 Å². The molecule has 0 radical (unpaired) electrons. The molecule has 0 spiro atoms. The number of rotatable bonds is 4. The van der Waals surface area contributed by atoms with Crippen LogP contribution >= 0.6 is 0 Å². The largest absolute Gasteiger partial charge is 0.320 e. The van der Waals surface area contributed by atoms with E-state index in [4.69, 9.17) is 5.73 Å². The van der Waals surface area contributed by atoms with Crippen LogP contribution in [0.5, 0.6) is 0 Å². The molecule has 0 atom stereocenters. The number of hydrogen-bond donors (Lipinski definition) is 1. The van der Waals surface area contributed by atoms with Crippen LogP contribution in [0.2, 0.25) is 0 Å². The molecule has 20 heavy (non-hydrogen) atoms. The van der Waals surface area contributed by atoms with Crippen molar-refractivity contribution in [2.24, 2.45) is 5.73 Å². The lowest BCUT2D eigenvalue weighted by Crippen LogP contribution is -2.17. The van der Waals surface area contributed by atoms with Crippen LogP contribution in [0.15, 0.2) is 54.6 Å². The van der Waals surface area contributed by atoms with Gasteiger partial charge in [-0.05, 0) is 30.3 Å². The van der Waals surface area contributed by atoms with Gasteiger partial charge in [-0.1, -0.05) is 54.3 Å². The predicted octanol–water partition coefficient (Wildman–Crippen LogP) is 2.63. The summed E-state index contributed by atoms with van der Waals surface area (Å²) >= 11 is 0. The molecule has 0 unspecified atom stereocenters. The molecule has 0 saturated carbocycles. The van der Waals surface area contributed by atoms with E-state index in [9.17, 15) is 0 Å². The molecule has 0 saturated heterocycles. The van der Waals surface area contributed by atoms with Crippen molar-refractivity contribution in [3.8, 4) is 11.8 Å². The molecule has 2 aromatic rings. The minimum atomic E-state index is 0.401. The molecule has 0 aliphatic heterocycles. The second-order valence-electron chi connectivity index (χ2n) is 4.86. The van der Waals surface area contributed by atoms with Gasteiger partial charge in [-0.3, -0.25) is 4.90 Å². The third-order valence-corrected chi connectivity index (χ3v) is 3.01. The zero-order valence-corrected chi connectivity index (χ0v) is 11.8. The summed E-state index contributed by atoms with van der Waals surface area (Å²) in [6, 6.07) is 18.8. The van der Waals surface area contributed by atoms with Crippen LogP contribution in [0.1, 0.15) is 16.7 Å². The van der Waals surface area contributed by atoms with Crippen molar-refractivity contribution in [3.63, 3.8) is 0 Å². The predicted molar refractivity (Wildman–Crippen MR) is 84.0 cm³/mol. The minimum Gasteiger partial charge on any atom is -0.320 e. The van der Waals surface area contributed by atoms with E-state index in [0.717, 1.165) is 18.7 Å². The Hall–Kier alpha value is -2.08. The van der Waals surface area contributed by atoms with Crippen molar-refractivity contribution >= 4 is 0 Å². The zero-order chi connectivity index (χ0) is 14.2. The summed E-state index contributed by atoms with van der Waals surface area (Å²) in [7, 11) is 2.13. The van der Waals surface area contributed by atoms with Gasteiger partial charge >= 0.3 is 0 Å². The Bertz CT molecular complexity index is 594. The lowest BCUT2D eigenvalue weighted by atomic mass is 10.1. The van der Waals surface area contributed by atoms with Crippen molar-refractivity contribution in [1.29, 1.82) is 0 Å². The quantitative estimate of drug-likeness (QED) is 0.860. The average Bonchev–Trinajstić information content (AvgIpc) is 2.46. The van der Waals surface area contributed by atoms with Crippen molar-refractivity contribution in [2.45, 2.75) is 13.1 Å². The highest BCUT2D eigenvalue weighted by Gasteiger charge is 2.02. The van der Waals surface area contributed by atoms with Gasteiger partial charge in [0.25, 0.3) is 0 Å². The van der Waals surface area contributed by atoms with E-state index >= 15 is 0 Å². The second kappa shape index (κ2) is 7.49. The van der Waals surface area contributed by atoms with Crippen LogP contribution < -0.4 is 5.73 Å². The van der Waals surface area contributed by atoms with E-state index in [1.54, 1.807) is 0 Å². The summed E-state index contributed by atoms with van der Waals surface area (Å²) < 4.78 is 0. The molecule has 2 heteroatoms. The molecule has 0 aliphatic rings. The van der Waals surface area contributed by atoms with Gasteiger partial charge in [-0.15, -0.1) is 0 Å². The van der Waals surface area contributed by atoms with Crippen LogP contribution in [-0.2, 0) is 13.1 Å². The van der Waals surface area contributed by atoms with Gasteiger partial charge in [0, 0.05) is 18.7 Å². The molecule has 2 nitrogen and oxygen atoms in total. The number of hydrogen-bond acceptors (Lipinski definition) is 2. The topological polar surface area (TPSA) is 29.3 Å². The van der Waals surface area contributed by atoms with Crippen LogP contribution in [0.3, 0.4) is 0 Å². The molecule has 2 aromatic carbocycles. The highest BCUT2D eigenvalue weighted by atomic mass is 15.1. The van der Waals surface area contributed by atoms with Crippen LogP contribution in [-0.4, -0.2) is 18.5 Å². The number of benzene rings is 2. The summed E-state index contributed by atoms with van der Waals surface area (Å²) in [5.41, 5.74) is 9.03. The Labute approximate surface area is 121 Å². The van der Waals surface area contributed by atoms with Gasteiger partial charge in [0.15, 0.2) is 0 Å². The Morgan fingerprint density at radius 2 is 1.65 bits per heavy atom. The van der Waals surface area contributed by atoms with Crippen molar-refractivity contribution < 1.29 is 0 Å². The molecule has 0 aromatic heterocycles. The van der Waals surface area contributed by atoms with E-state index in [1.807, 2.05) is 18.2 Å². The maximum Gasteiger partial charge on any atom is 0.0555 e. The van der Waals surface area contributed by atoms with Gasteiger partial charge in [0.05, 0.1) is 6.54 Å². The third-order valence-electron chi connectivity index (χ3n) is 3.01. The minimum absolute atomic E-state index is 0.401. The highest BCUT2D eigenvalue weighted by Crippen LogP contribution is 2.09. The molecule has 0 heterocycles. The summed E-state index contributed by atoms with van der Waals surface area (Å²) in [6.07, 6.45) is 0. The molecule has 0 aliphatic carbocycles. The molecule has 0 amide bonds. The molecule has 2 rings (SSSR count). The molecule has 0 fully saturated rings. The fourth-order valence-electron chi connectivity index (χ4n) is 2.16. The first kappa shape index (κ1) is 14.3. The Morgan fingerprint density at radius 3 is 2.40 bits per heavy atom. The van der Waals surface area contributed by atoms with Crippen molar-refractivity contribution in [1.82, 2.24) is 4.90 Å². The second-order valence-corrected chi connectivity index (χ2v) is 4.86. The fraction of sp³-hybridized carbons (Fsp3) is 0.222. The standard InChI is InChI=1S/C18H20N2/c1-20(14-17-7-3-2-4-8-17)15-18-10-5-9-16(13-18)11-6-12-19/h2-5,7-10,13H,12,14-15,19H2,1H3. The van der Waals surface area contributed by atoms with E-state index in [-0.39, 0.29) is 0 Å². The maximum atomic E-state index is 5.40. The average molecular weight is 264 g/mol. The molecule has 2 N–H and O–H groups in total. The third kappa shape index (κ3) is 4.55. The van der Waals surface area contributed by atoms with Crippen molar-refractivity contribution in [2.75, 3.05) is 13.6 Å². The van der Waals surface area contributed by atoms with Gasteiger partial charge in [0.1, 0.15) is 0 Å². The van der Waals surface area contributed by atoms with Crippen LogP contribution in [0.4, 0.5) is 0 Å². The Balaban J connectivity index is 1.99. The van der Waals surface area contributed by atoms with Gasteiger partial charge < -0.3 is 5.73 Å². The first-order valence-electron chi connectivity index (χ1n) is 6.78. The van der Waals surface area contributed by atoms with E-state index in [2.05, 4.69) is 60.2 Å². The number of nitrogens with zero attached hydrogens (tertiary/aromatic N) is 1. The van der Waals surface area contributed by atoms with E-state index < -0.39 is 0 Å². The molecular weight excluding hydrogens is 244 g/mol. The Morgan fingerprint density at radius 1 is 0.950 bits per heavy atom. The summed E-state index contributed by atoms with van der Waals surface area (Å²) in [5.74, 6) is 5.96. The summed E-state index contributed by atoms with van der Waals surface area (Å²) in [6.45, 7) is 2.25. The van der Waals surface area contributed by atoms with E-state index in [1.165, 1.54) is 11.1 Å². The first-order valence-corrected chi connectivity index (χ1v) is 6.78. The van der Waals surface area contributed by atoms with Crippen LogP contribution in [0, 0.1) is 11.8 Å². The smallest absolute Gasteiger partial charge is 0.0555 e. The zero-order valence-electron chi connectivity index (χ0n) is 11.8. The molecule has 0 bridgehead atoms. The normalized spacial score (nSPS) is 10.2. The van der Waals surface area contributed by atoms with Crippen molar-refractivity contribution in [3.05, 3.63) is 71.3 Å².